The molecule has 0 heterocycles. The quantitative estimate of drug-likeness (QED) is 0.655. The Kier molecular flexibility index (Phi) is 5.82. The summed E-state index contributed by atoms with van der Waals surface area (Å²) in [5, 5.41) is 4.33. The number of nitrogens with one attached hydrogen (secondary N) is 1. The number of thiocarbonyl (C=S) groups is 1. The molecule has 3 nitrogen and oxygen atoms in total. The molecule has 1 aliphatic rings. The summed E-state index contributed by atoms with van der Waals surface area (Å²) in [7, 11) is 1.88. The van der Waals surface area contributed by atoms with Gasteiger partial charge in [0.2, 0.25) is 0 Å². The first-order chi connectivity index (χ1) is 10.9. The highest BCUT2D eigenvalue weighted by atomic mass is 35.5. The lowest BCUT2D eigenvalue weighted by atomic mass is 9.74. The number of likely N-dealkylation sites (N-methyl/N-ethyl adjacent to an activating group) is 1. The molecule has 1 aliphatic carbocycles. The zero-order chi connectivity index (χ0) is 17.0. The molecule has 1 fully saturated rings. The van der Waals surface area contributed by atoms with E-state index in [1.165, 1.54) is 0 Å². The Hall–Kier alpha value is -1.39. The number of Topliss-reactive ketones (excluding diaryl/α,β-unsaturated/α-hetero) is 1. The molecule has 23 heavy (non-hydrogen) atoms. The molecule has 1 unspecified atom stereocenters. The third kappa shape index (κ3) is 3.59. The number of hydrogen-bond donors (Lipinski definition) is 1. The molecule has 0 aromatic heterocycles. The van der Waals surface area contributed by atoms with Crippen LogP contribution in [0.2, 0.25) is 5.02 Å². The molecule has 0 amide bonds. The molecule has 0 saturated heterocycles. The SMILES string of the molecule is C=C(C)CNC(=S)N(C)C1(c2ccccc2Cl)CCCCC1=O. The number of benzene rings is 1. The van der Waals surface area contributed by atoms with Crippen molar-refractivity contribution >= 4 is 34.7 Å². The normalized spacial score (nSPS) is 20.9. The Labute approximate surface area is 148 Å². The van der Waals surface area contributed by atoms with Crippen LogP contribution >= 0.6 is 23.8 Å². The maximum Gasteiger partial charge on any atom is 0.170 e. The number of ketones is 1. The molecule has 1 aromatic carbocycles. The summed E-state index contributed by atoms with van der Waals surface area (Å²) in [4.78, 5) is 14.8. The second-order valence-electron chi connectivity index (χ2n) is 6.15. The van der Waals surface area contributed by atoms with Gasteiger partial charge in [0.15, 0.2) is 10.9 Å². The van der Waals surface area contributed by atoms with Gasteiger partial charge in [-0.3, -0.25) is 4.79 Å². The van der Waals surface area contributed by atoms with Gasteiger partial charge in [0.05, 0.1) is 0 Å². The van der Waals surface area contributed by atoms with Crippen molar-refractivity contribution in [2.24, 2.45) is 0 Å². The van der Waals surface area contributed by atoms with Crippen molar-refractivity contribution in [2.45, 2.75) is 38.1 Å². The highest BCUT2D eigenvalue weighted by Crippen LogP contribution is 2.42. The predicted octanol–water partition coefficient (Wildman–Crippen LogP) is 4.06. The van der Waals surface area contributed by atoms with Crippen molar-refractivity contribution in [3.05, 3.63) is 47.0 Å². The maximum atomic E-state index is 12.9. The highest BCUT2D eigenvalue weighted by molar-refractivity contribution is 7.80. The van der Waals surface area contributed by atoms with Crippen LogP contribution in [-0.2, 0) is 10.3 Å². The smallest absolute Gasteiger partial charge is 0.170 e. The monoisotopic (exact) mass is 350 g/mol. The first-order valence-electron chi connectivity index (χ1n) is 7.84. The molecule has 1 atom stereocenters. The topological polar surface area (TPSA) is 32.3 Å². The van der Waals surface area contributed by atoms with Gasteiger partial charge in [0, 0.05) is 30.6 Å². The third-order valence-electron chi connectivity index (χ3n) is 4.39. The zero-order valence-electron chi connectivity index (χ0n) is 13.7. The molecule has 124 valence electrons. The van der Waals surface area contributed by atoms with Crippen LogP contribution in [0, 0.1) is 0 Å². The van der Waals surface area contributed by atoms with Crippen molar-refractivity contribution in [1.82, 2.24) is 10.2 Å². The van der Waals surface area contributed by atoms with E-state index < -0.39 is 5.54 Å². The summed E-state index contributed by atoms with van der Waals surface area (Å²) in [5.41, 5.74) is 1.05. The van der Waals surface area contributed by atoms with Crippen LogP contribution in [-0.4, -0.2) is 29.4 Å². The van der Waals surface area contributed by atoms with Crippen LogP contribution in [0.25, 0.3) is 0 Å². The fourth-order valence-electron chi connectivity index (χ4n) is 3.15. The lowest BCUT2D eigenvalue weighted by Gasteiger charge is -2.45. The maximum absolute atomic E-state index is 12.9. The number of carbonyl (C=O) groups is 1. The van der Waals surface area contributed by atoms with E-state index in [1.54, 1.807) is 0 Å². The molecular weight excluding hydrogens is 328 g/mol. The average molecular weight is 351 g/mol. The van der Waals surface area contributed by atoms with Gasteiger partial charge in [-0.05, 0) is 44.5 Å². The van der Waals surface area contributed by atoms with Crippen LogP contribution in [0.15, 0.2) is 36.4 Å². The van der Waals surface area contributed by atoms with E-state index in [1.807, 2.05) is 43.1 Å². The number of halogens is 1. The van der Waals surface area contributed by atoms with Crippen LogP contribution < -0.4 is 5.32 Å². The van der Waals surface area contributed by atoms with Crippen LogP contribution in [0.1, 0.15) is 38.2 Å². The van der Waals surface area contributed by atoms with E-state index >= 15 is 0 Å². The second kappa shape index (κ2) is 7.45. The van der Waals surface area contributed by atoms with Gasteiger partial charge in [-0.15, -0.1) is 0 Å². The van der Waals surface area contributed by atoms with Crippen molar-refractivity contribution in [2.75, 3.05) is 13.6 Å². The minimum absolute atomic E-state index is 0.179. The molecule has 2 rings (SSSR count). The molecule has 0 spiro atoms. The van der Waals surface area contributed by atoms with Gasteiger partial charge in [0.1, 0.15) is 5.54 Å². The third-order valence-corrected chi connectivity index (χ3v) is 5.14. The Bertz CT molecular complexity index is 631. The number of rotatable bonds is 4. The van der Waals surface area contributed by atoms with Gasteiger partial charge in [-0.1, -0.05) is 42.0 Å². The lowest BCUT2D eigenvalue weighted by Crippen LogP contribution is -2.56. The Morgan fingerprint density at radius 2 is 2.13 bits per heavy atom. The van der Waals surface area contributed by atoms with Crippen molar-refractivity contribution < 1.29 is 4.79 Å². The first kappa shape index (κ1) is 18.0. The average Bonchev–Trinajstić information content (AvgIpc) is 2.53. The Morgan fingerprint density at radius 3 is 2.74 bits per heavy atom. The van der Waals surface area contributed by atoms with Crippen LogP contribution in [0.4, 0.5) is 0 Å². The lowest BCUT2D eigenvalue weighted by molar-refractivity contribution is -0.131. The molecular formula is C18H23ClN2OS. The van der Waals surface area contributed by atoms with Crippen LogP contribution in [0.5, 0.6) is 0 Å². The fourth-order valence-corrected chi connectivity index (χ4v) is 3.67. The van der Waals surface area contributed by atoms with Crippen LogP contribution in [0.3, 0.4) is 0 Å². The van der Waals surface area contributed by atoms with E-state index in [0.29, 0.717) is 23.1 Å². The fraction of sp³-hybridized carbons (Fsp3) is 0.444. The van der Waals surface area contributed by atoms with Gasteiger partial charge in [0.25, 0.3) is 0 Å². The standard InChI is InChI=1S/C18H23ClN2OS/c1-13(2)12-20-17(23)21(3)18(11-7-6-10-16(18)22)14-8-4-5-9-15(14)19/h4-5,8-9H,1,6-7,10-12H2,2-3H3,(H,20,23). The van der Waals surface area contributed by atoms with E-state index in [4.69, 9.17) is 23.8 Å². The van der Waals surface area contributed by atoms with Crippen molar-refractivity contribution in [3.63, 3.8) is 0 Å². The van der Waals surface area contributed by atoms with E-state index in [9.17, 15) is 4.79 Å². The van der Waals surface area contributed by atoms with Crippen molar-refractivity contribution in [1.29, 1.82) is 0 Å². The Morgan fingerprint density at radius 1 is 1.43 bits per heavy atom. The summed E-state index contributed by atoms with van der Waals surface area (Å²) >= 11 is 12.0. The predicted molar refractivity (Wildman–Crippen MR) is 99.8 cm³/mol. The van der Waals surface area contributed by atoms with E-state index in [-0.39, 0.29) is 5.78 Å². The number of hydrogen-bond acceptors (Lipinski definition) is 2. The molecule has 5 heteroatoms. The summed E-state index contributed by atoms with van der Waals surface area (Å²) in [6.07, 6.45) is 3.18. The summed E-state index contributed by atoms with van der Waals surface area (Å²) in [6, 6.07) is 7.57. The molecule has 0 bridgehead atoms. The molecule has 1 aromatic rings. The van der Waals surface area contributed by atoms with Gasteiger partial charge in [-0.2, -0.15) is 0 Å². The first-order valence-corrected chi connectivity index (χ1v) is 8.62. The van der Waals surface area contributed by atoms with Gasteiger partial charge >= 0.3 is 0 Å². The minimum Gasteiger partial charge on any atom is -0.359 e. The summed E-state index contributed by atoms with van der Waals surface area (Å²) < 4.78 is 0. The second-order valence-corrected chi connectivity index (χ2v) is 6.94. The van der Waals surface area contributed by atoms with Gasteiger partial charge in [-0.25, -0.2) is 0 Å². The minimum atomic E-state index is -0.782. The summed E-state index contributed by atoms with van der Waals surface area (Å²) in [6.45, 7) is 6.40. The largest absolute Gasteiger partial charge is 0.359 e. The molecule has 0 radical (unpaired) electrons. The Balaban J connectivity index is 2.42. The van der Waals surface area contributed by atoms with Crippen molar-refractivity contribution in [3.8, 4) is 0 Å². The molecule has 1 N–H and O–H groups in total. The highest BCUT2D eigenvalue weighted by Gasteiger charge is 2.46. The number of carbonyl (C=O) groups excluding carboxylic acids is 1. The molecule has 1 saturated carbocycles. The van der Waals surface area contributed by atoms with Gasteiger partial charge < -0.3 is 10.2 Å². The summed E-state index contributed by atoms with van der Waals surface area (Å²) in [5.74, 6) is 0.179. The van der Waals surface area contributed by atoms with E-state index in [2.05, 4.69) is 11.9 Å². The van der Waals surface area contributed by atoms with E-state index in [0.717, 1.165) is 30.4 Å². The molecule has 0 aliphatic heterocycles. The number of nitrogens with zero attached hydrogens (tertiary/aromatic N) is 1. The zero-order valence-corrected chi connectivity index (χ0v) is 15.3.